The van der Waals surface area contributed by atoms with Crippen LogP contribution in [0.25, 0.3) is 11.1 Å². The zero-order chi connectivity index (χ0) is 24.2. The Balaban J connectivity index is 1.39. The maximum atomic E-state index is 6.20. The minimum absolute atomic E-state index is 0.361. The lowest BCUT2D eigenvalue weighted by Crippen LogP contribution is -2.41. The number of rotatable bonds is 6. The van der Waals surface area contributed by atoms with Crippen LogP contribution >= 0.6 is 11.8 Å². The van der Waals surface area contributed by atoms with Crippen molar-refractivity contribution in [2.45, 2.75) is 44.6 Å². The topological polar surface area (TPSA) is 69.2 Å². The van der Waals surface area contributed by atoms with E-state index >= 15 is 0 Å². The van der Waals surface area contributed by atoms with E-state index in [2.05, 4.69) is 74.3 Å². The Morgan fingerprint density at radius 2 is 1.56 bits per heavy atom. The molecule has 3 aromatic carbocycles. The van der Waals surface area contributed by atoms with Gasteiger partial charge < -0.3 is 15.0 Å². The van der Waals surface area contributed by atoms with Crippen LogP contribution in [0, 0.1) is 0 Å². The lowest BCUT2D eigenvalue weighted by molar-refractivity contribution is 0.00578. The van der Waals surface area contributed by atoms with E-state index in [1.165, 1.54) is 17.3 Å². The Morgan fingerprint density at radius 3 is 2.24 bits per heavy atom. The summed E-state index contributed by atoms with van der Waals surface area (Å²) in [6.07, 6.45) is 1.71. The van der Waals surface area contributed by atoms with E-state index in [-0.39, 0.29) is 18.3 Å². The van der Waals surface area contributed by atoms with E-state index < -0.39 is 0 Å². The minimum Gasteiger partial charge on any atom is -0.399 e. The van der Waals surface area contributed by atoms with Gasteiger partial charge in [0.15, 0.2) is 5.17 Å². The molecule has 174 valence electrons. The second kappa shape index (κ2) is 10.2. The number of hydrogen-bond acceptors (Lipinski definition) is 5. The number of nitrogens with two attached hydrogens (primary N) is 1. The minimum atomic E-state index is -0.376. The highest BCUT2D eigenvalue weighted by Crippen LogP contribution is 2.36. The highest BCUT2D eigenvalue weighted by Gasteiger charge is 2.51. The monoisotopic (exact) mass is 471 g/mol. The molecule has 1 saturated heterocycles. The second-order valence-electron chi connectivity index (χ2n) is 9.29. The first-order valence-electron chi connectivity index (χ1n) is 11.3. The van der Waals surface area contributed by atoms with Crippen LogP contribution in [0.5, 0.6) is 0 Å². The number of hydrogen-bond donors (Lipinski definition) is 1. The summed E-state index contributed by atoms with van der Waals surface area (Å²) in [5.74, 6) is 0.769. The molecule has 0 radical (unpaired) electrons. The lowest BCUT2D eigenvalue weighted by atomic mass is 9.78. The van der Waals surface area contributed by atoms with E-state index in [0.717, 1.165) is 27.9 Å². The third-order valence-corrected chi connectivity index (χ3v) is 7.10. The molecule has 7 heteroatoms. The molecule has 0 amide bonds. The summed E-state index contributed by atoms with van der Waals surface area (Å²) in [5.41, 5.74) is 10.6. The molecular formula is C27H30BN3O2S. The average Bonchev–Trinajstić information content (AvgIpc) is 3.06. The van der Waals surface area contributed by atoms with Crippen molar-refractivity contribution in [3.8, 4) is 11.1 Å². The van der Waals surface area contributed by atoms with Crippen LogP contribution in [0.4, 0.5) is 0 Å². The van der Waals surface area contributed by atoms with Crippen LogP contribution in [0.1, 0.15) is 38.8 Å². The van der Waals surface area contributed by atoms with Gasteiger partial charge in [-0.15, -0.1) is 5.10 Å². The number of benzene rings is 3. The van der Waals surface area contributed by atoms with E-state index in [1.54, 1.807) is 6.21 Å². The highest BCUT2D eigenvalue weighted by molar-refractivity contribution is 8.13. The first-order valence-corrected chi connectivity index (χ1v) is 12.3. The summed E-state index contributed by atoms with van der Waals surface area (Å²) in [7, 11) is -0.376. The van der Waals surface area contributed by atoms with Crippen LogP contribution in [0.2, 0.25) is 0 Å². The first kappa shape index (κ1) is 24.3. The maximum Gasteiger partial charge on any atom is 0.494 e. The van der Waals surface area contributed by atoms with Gasteiger partial charge in [-0.2, -0.15) is 5.10 Å². The fourth-order valence-electron chi connectivity index (χ4n) is 3.52. The molecule has 1 fully saturated rings. The molecule has 0 bridgehead atoms. The average molecular weight is 471 g/mol. The molecule has 0 aliphatic carbocycles. The van der Waals surface area contributed by atoms with Crippen LogP contribution in [-0.2, 0) is 15.1 Å². The van der Waals surface area contributed by atoms with Crippen molar-refractivity contribution in [2.24, 2.45) is 15.9 Å². The van der Waals surface area contributed by atoms with Gasteiger partial charge in [-0.05, 0) is 55.4 Å². The smallest absolute Gasteiger partial charge is 0.399 e. The summed E-state index contributed by atoms with van der Waals surface area (Å²) >= 11 is 1.47. The summed E-state index contributed by atoms with van der Waals surface area (Å²) in [6.45, 7) is 8.26. The van der Waals surface area contributed by atoms with Crippen LogP contribution in [-0.4, -0.2) is 29.7 Å². The van der Waals surface area contributed by atoms with E-state index in [0.29, 0.717) is 5.17 Å². The van der Waals surface area contributed by atoms with Gasteiger partial charge in [0.1, 0.15) is 0 Å². The fourth-order valence-corrected chi connectivity index (χ4v) is 4.13. The molecule has 1 heterocycles. The molecule has 0 unspecified atom stereocenters. The van der Waals surface area contributed by atoms with Crippen molar-refractivity contribution in [1.82, 2.24) is 0 Å². The normalized spacial score (nSPS) is 17.4. The summed E-state index contributed by atoms with van der Waals surface area (Å²) in [5, 5.41) is 8.67. The molecule has 4 rings (SSSR count). The SMILES string of the molecule is CC1(C)OB(c2cccc(-c3ccc(C=NN=C(N)SCc4ccccc4)cc3)c2)OC1(C)C. The molecule has 0 aromatic heterocycles. The third kappa shape index (κ3) is 5.79. The molecule has 34 heavy (non-hydrogen) atoms. The first-order chi connectivity index (χ1) is 16.2. The van der Waals surface area contributed by atoms with Gasteiger partial charge >= 0.3 is 7.12 Å². The quantitative estimate of drug-likeness (QED) is 0.231. The molecule has 2 N–H and O–H groups in total. The molecular weight excluding hydrogens is 441 g/mol. The van der Waals surface area contributed by atoms with Gasteiger partial charge in [0.05, 0.1) is 17.4 Å². The predicted molar refractivity (Wildman–Crippen MR) is 145 cm³/mol. The molecule has 0 saturated carbocycles. The van der Waals surface area contributed by atoms with Crippen molar-refractivity contribution in [2.75, 3.05) is 0 Å². The van der Waals surface area contributed by atoms with Gasteiger partial charge in [0.25, 0.3) is 0 Å². The molecule has 5 nitrogen and oxygen atoms in total. The van der Waals surface area contributed by atoms with Gasteiger partial charge in [0, 0.05) is 5.75 Å². The molecule has 3 aromatic rings. The Labute approximate surface area is 206 Å². The Hall–Kier alpha value is -2.87. The van der Waals surface area contributed by atoms with Crippen molar-refractivity contribution in [3.05, 3.63) is 90.0 Å². The summed E-state index contributed by atoms with van der Waals surface area (Å²) in [4.78, 5) is 0. The van der Waals surface area contributed by atoms with Crippen LogP contribution in [0.15, 0.2) is 89.1 Å². The Morgan fingerprint density at radius 1 is 0.882 bits per heavy atom. The molecule has 0 atom stereocenters. The second-order valence-corrected chi connectivity index (χ2v) is 10.3. The molecule has 1 aliphatic heterocycles. The standard InChI is InChI=1S/C27H30BN3O2S/c1-26(2)27(3,4)33-28(32-26)24-12-8-11-23(17-24)22-15-13-20(14-16-22)18-30-31-25(29)34-19-21-9-6-5-7-10-21/h5-18H,19H2,1-4H3,(H2,29,31). The van der Waals surface area contributed by atoms with Gasteiger partial charge in [-0.25, -0.2) is 0 Å². The van der Waals surface area contributed by atoms with E-state index in [9.17, 15) is 0 Å². The Kier molecular flexibility index (Phi) is 7.26. The van der Waals surface area contributed by atoms with E-state index in [4.69, 9.17) is 15.0 Å². The van der Waals surface area contributed by atoms with Gasteiger partial charge in [-0.3, -0.25) is 0 Å². The van der Waals surface area contributed by atoms with Crippen molar-refractivity contribution >= 4 is 35.7 Å². The number of nitrogens with zero attached hydrogens (tertiary/aromatic N) is 2. The number of amidine groups is 1. The fraction of sp³-hybridized carbons (Fsp3) is 0.259. The van der Waals surface area contributed by atoms with Crippen LogP contribution < -0.4 is 11.2 Å². The summed E-state index contributed by atoms with van der Waals surface area (Å²) in [6, 6.07) is 26.6. The largest absolute Gasteiger partial charge is 0.494 e. The van der Waals surface area contributed by atoms with Crippen LogP contribution in [0.3, 0.4) is 0 Å². The van der Waals surface area contributed by atoms with Crippen molar-refractivity contribution < 1.29 is 9.31 Å². The van der Waals surface area contributed by atoms with E-state index in [1.807, 2.05) is 42.5 Å². The van der Waals surface area contributed by atoms with Crippen molar-refractivity contribution in [3.63, 3.8) is 0 Å². The maximum absolute atomic E-state index is 6.20. The zero-order valence-electron chi connectivity index (χ0n) is 20.1. The third-order valence-electron chi connectivity index (χ3n) is 6.25. The Bertz CT molecular complexity index is 1160. The van der Waals surface area contributed by atoms with Gasteiger partial charge in [-0.1, -0.05) is 90.6 Å². The molecule has 0 spiro atoms. The molecule has 1 aliphatic rings. The predicted octanol–water partition coefficient (Wildman–Crippen LogP) is 5.23. The lowest BCUT2D eigenvalue weighted by Gasteiger charge is -2.32. The number of thioether (sulfide) groups is 1. The van der Waals surface area contributed by atoms with Crippen molar-refractivity contribution in [1.29, 1.82) is 0 Å². The highest BCUT2D eigenvalue weighted by atomic mass is 32.2. The van der Waals surface area contributed by atoms with Gasteiger partial charge in [0.2, 0.25) is 0 Å². The summed E-state index contributed by atoms with van der Waals surface area (Å²) < 4.78 is 12.4. The zero-order valence-corrected chi connectivity index (χ0v) is 20.9.